The van der Waals surface area contributed by atoms with Crippen LogP contribution in [0.2, 0.25) is 0 Å². The van der Waals surface area contributed by atoms with E-state index in [1.54, 1.807) is 5.48 Å². The number of aliphatic hydroxyl groups excluding tert-OH is 1. The minimum absolute atomic E-state index is 0.0385. The Hall–Kier alpha value is -2.65. The molecule has 0 bridgehead atoms. The standard InChI is InChI=1S/C17H26N4O5/c1-10(2)8-13(16(24)26-21-17(19)25)20-15(23)14(22)12(18)9-11-6-4-3-5-7-11/h3-7,10,12-14,22H,8-9,18H2,1-2H3,(H,20,23)(H3,19,21,25)/t12-,13+,14+/m1/s1. The first-order valence-electron chi connectivity index (χ1n) is 8.24. The van der Waals surface area contributed by atoms with Crippen molar-refractivity contribution in [2.45, 2.75) is 44.9 Å². The van der Waals surface area contributed by atoms with Gasteiger partial charge < -0.3 is 26.7 Å². The normalized spacial score (nSPS) is 14.2. The molecule has 0 saturated heterocycles. The van der Waals surface area contributed by atoms with Crippen LogP contribution < -0.4 is 22.3 Å². The van der Waals surface area contributed by atoms with Gasteiger partial charge in [0.2, 0.25) is 0 Å². The van der Waals surface area contributed by atoms with E-state index in [2.05, 4.69) is 10.2 Å². The van der Waals surface area contributed by atoms with Crippen LogP contribution in [0.25, 0.3) is 0 Å². The summed E-state index contributed by atoms with van der Waals surface area (Å²) < 4.78 is 0. The molecule has 0 heterocycles. The Kier molecular flexibility index (Phi) is 8.53. The van der Waals surface area contributed by atoms with Crippen molar-refractivity contribution in [1.29, 1.82) is 0 Å². The van der Waals surface area contributed by atoms with Gasteiger partial charge in [-0.05, 0) is 24.3 Å². The molecule has 1 rings (SSSR count). The van der Waals surface area contributed by atoms with Gasteiger partial charge in [-0.15, -0.1) is 0 Å². The number of hydroxylamine groups is 1. The van der Waals surface area contributed by atoms with E-state index in [9.17, 15) is 19.5 Å². The minimum atomic E-state index is -1.51. The van der Waals surface area contributed by atoms with E-state index >= 15 is 0 Å². The Bertz CT molecular complexity index is 608. The van der Waals surface area contributed by atoms with Gasteiger partial charge in [-0.2, -0.15) is 5.48 Å². The lowest BCUT2D eigenvalue weighted by atomic mass is 10.00. The van der Waals surface area contributed by atoms with E-state index in [1.807, 2.05) is 44.2 Å². The molecule has 144 valence electrons. The number of nitrogens with one attached hydrogen (secondary N) is 2. The second kappa shape index (κ2) is 10.4. The maximum Gasteiger partial charge on any atom is 0.354 e. The molecule has 9 heteroatoms. The summed E-state index contributed by atoms with van der Waals surface area (Å²) in [5.74, 6) is -1.65. The maximum absolute atomic E-state index is 12.2. The molecular formula is C17H26N4O5. The van der Waals surface area contributed by atoms with Crippen LogP contribution in [0.3, 0.4) is 0 Å². The number of carbonyl (C=O) groups is 3. The number of carbonyl (C=O) groups excluding carboxylic acids is 3. The van der Waals surface area contributed by atoms with Crippen LogP contribution in [0, 0.1) is 5.92 Å². The van der Waals surface area contributed by atoms with Crippen LogP contribution in [0.1, 0.15) is 25.8 Å². The zero-order valence-electron chi connectivity index (χ0n) is 14.8. The van der Waals surface area contributed by atoms with Gasteiger partial charge in [0.25, 0.3) is 5.91 Å². The summed E-state index contributed by atoms with van der Waals surface area (Å²) in [7, 11) is 0. The number of urea groups is 1. The maximum atomic E-state index is 12.2. The number of hydrogen-bond donors (Lipinski definition) is 5. The van der Waals surface area contributed by atoms with Crippen molar-refractivity contribution < 1.29 is 24.3 Å². The molecule has 1 aromatic carbocycles. The zero-order valence-corrected chi connectivity index (χ0v) is 14.8. The van der Waals surface area contributed by atoms with Crippen molar-refractivity contribution >= 4 is 17.9 Å². The summed E-state index contributed by atoms with van der Waals surface area (Å²) in [5.41, 5.74) is 13.3. The minimum Gasteiger partial charge on any atom is -0.382 e. The van der Waals surface area contributed by atoms with Crippen LogP contribution >= 0.6 is 0 Å². The molecule has 0 radical (unpaired) electrons. The second-order valence-electron chi connectivity index (χ2n) is 6.38. The van der Waals surface area contributed by atoms with Gasteiger partial charge in [-0.3, -0.25) is 4.79 Å². The summed E-state index contributed by atoms with van der Waals surface area (Å²) in [4.78, 5) is 39.4. The zero-order chi connectivity index (χ0) is 19.7. The first-order chi connectivity index (χ1) is 12.2. The van der Waals surface area contributed by atoms with Gasteiger partial charge in [0.15, 0.2) is 0 Å². The highest BCUT2D eigenvalue weighted by Crippen LogP contribution is 2.08. The van der Waals surface area contributed by atoms with Crippen molar-refractivity contribution in [2.24, 2.45) is 17.4 Å². The fourth-order valence-electron chi connectivity index (χ4n) is 2.31. The molecule has 0 aliphatic heterocycles. The fourth-order valence-corrected chi connectivity index (χ4v) is 2.31. The predicted molar refractivity (Wildman–Crippen MR) is 94.3 cm³/mol. The molecular weight excluding hydrogens is 340 g/mol. The lowest BCUT2D eigenvalue weighted by Crippen LogP contribution is -2.53. The Balaban J connectivity index is 2.68. The van der Waals surface area contributed by atoms with E-state index in [1.165, 1.54) is 0 Å². The Morgan fingerprint density at radius 1 is 1.19 bits per heavy atom. The van der Waals surface area contributed by atoms with Crippen LogP contribution in [0.5, 0.6) is 0 Å². The summed E-state index contributed by atoms with van der Waals surface area (Å²) in [5, 5.41) is 12.6. The van der Waals surface area contributed by atoms with Gasteiger partial charge in [0, 0.05) is 6.04 Å². The highest BCUT2D eigenvalue weighted by molar-refractivity contribution is 5.87. The number of amides is 3. The highest BCUT2D eigenvalue weighted by atomic mass is 16.7. The summed E-state index contributed by atoms with van der Waals surface area (Å²) in [6, 6.07) is 6.21. The number of hydrogen-bond acceptors (Lipinski definition) is 6. The molecule has 0 spiro atoms. The Labute approximate surface area is 152 Å². The molecule has 26 heavy (non-hydrogen) atoms. The van der Waals surface area contributed by atoms with Crippen molar-refractivity contribution in [3.63, 3.8) is 0 Å². The average molecular weight is 366 g/mol. The molecule has 0 saturated carbocycles. The lowest BCUT2D eigenvalue weighted by Gasteiger charge is -2.23. The first-order valence-corrected chi connectivity index (χ1v) is 8.24. The van der Waals surface area contributed by atoms with E-state index in [0.29, 0.717) is 0 Å². The van der Waals surface area contributed by atoms with E-state index < -0.39 is 36.1 Å². The largest absolute Gasteiger partial charge is 0.382 e. The third-order valence-corrected chi connectivity index (χ3v) is 3.55. The molecule has 3 atom stereocenters. The number of nitrogens with two attached hydrogens (primary N) is 2. The quantitative estimate of drug-likeness (QED) is 0.393. The van der Waals surface area contributed by atoms with Crippen molar-refractivity contribution in [1.82, 2.24) is 10.8 Å². The van der Waals surface area contributed by atoms with Gasteiger partial charge >= 0.3 is 12.0 Å². The van der Waals surface area contributed by atoms with E-state index in [4.69, 9.17) is 11.5 Å². The third kappa shape index (κ3) is 7.49. The molecule has 0 aromatic heterocycles. The van der Waals surface area contributed by atoms with Crippen molar-refractivity contribution in [3.05, 3.63) is 35.9 Å². The summed E-state index contributed by atoms with van der Waals surface area (Å²) in [6.07, 6.45) is -0.981. The number of rotatable bonds is 8. The van der Waals surface area contributed by atoms with Gasteiger partial charge in [-0.1, -0.05) is 44.2 Å². The number of primary amides is 1. The molecule has 7 N–H and O–H groups in total. The Morgan fingerprint density at radius 2 is 1.81 bits per heavy atom. The molecule has 1 aromatic rings. The van der Waals surface area contributed by atoms with Crippen LogP contribution in [-0.2, 0) is 20.8 Å². The highest BCUT2D eigenvalue weighted by Gasteiger charge is 2.29. The monoisotopic (exact) mass is 366 g/mol. The summed E-state index contributed by atoms with van der Waals surface area (Å²) >= 11 is 0. The molecule has 0 unspecified atom stereocenters. The van der Waals surface area contributed by atoms with E-state index in [0.717, 1.165) is 5.56 Å². The number of aliphatic hydroxyl groups is 1. The van der Waals surface area contributed by atoms with Crippen LogP contribution in [-0.4, -0.2) is 41.2 Å². The smallest absolute Gasteiger partial charge is 0.354 e. The van der Waals surface area contributed by atoms with Gasteiger partial charge in [0.1, 0.15) is 12.1 Å². The molecule has 0 fully saturated rings. The van der Waals surface area contributed by atoms with Gasteiger partial charge in [-0.25, -0.2) is 9.59 Å². The summed E-state index contributed by atoms with van der Waals surface area (Å²) in [6.45, 7) is 3.68. The number of benzene rings is 1. The van der Waals surface area contributed by atoms with Crippen molar-refractivity contribution in [3.8, 4) is 0 Å². The van der Waals surface area contributed by atoms with Crippen LogP contribution in [0.4, 0.5) is 4.79 Å². The fraction of sp³-hybridized carbons (Fsp3) is 0.471. The molecule has 0 aliphatic rings. The molecule has 9 nitrogen and oxygen atoms in total. The SMILES string of the molecule is CC(C)C[C@H](NC(=O)[C@@H](O)[C@H](N)Cc1ccccc1)C(=O)ONC(N)=O. The molecule has 0 aliphatic carbocycles. The second-order valence-corrected chi connectivity index (χ2v) is 6.38. The topological polar surface area (TPSA) is 157 Å². The van der Waals surface area contributed by atoms with Crippen LogP contribution in [0.15, 0.2) is 30.3 Å². The van der Waals surface area contributed by atoms with Crippen molar-refractivity contribution in [2.75, 3.05) is 0 Å². The third-order valence-electron chi connectivity index (χ3n) is 3.55. The van der Waals surface area contributed by atoms with E-state index in [-0.39, 0.29) is 18.8 Å². The first kappa shape index (κ1) is 21.4. The molecule has 3 amide bonds. The predicted octanol–water partition coefficient (Wildman–Crippen LogP) is -0.425. The average Bonchev–Trinajstić information content (AvgIpc) is 2.58. The Morgan fingerprint density at radius 3 is 2.35 bits per heavy atom. The van der Waals surface area contributed by atoms with Gasteiger partial charge in [0.05, 0.1) is 0 Å². The lowest BCUT2D eigenvalue weighted by molar-refractivity contribution is -0.154.